The zero-order valence-corrected chi connectivity index (χ0v) is 17.5. The van der Waals surface area contributed by atoms with Crippen molar-refractivity contribution in [1.82, 2.24) is 0 Å². The van der Waals surface area contributed by atoms with Gasteiger partial charge in [0.1, 0.15) is 10.0 Å². The van der Waals surface area contributed by atoms with Crippen LogP contribution < -0.4 is 10.5 Å². The summed E-state index contributed by atoms with van der Waals surface area (Å²) in [7, 11) is 0. The molecule has 0 aliphatic heterocycles. The van der Waals surface area contributed by atoms with Crippen LogP contribution in [-0.4, -0.2) is 25.1 Å². The Morgan fingerprint density at radius 2 is 1.23 bits per heavy atom. The number of halogens is 5. The van der Waals surface area contributed by atoms with Crippen molar-refractivity contribution in [3.63, 3.8) is 0 Å². The number of hydrogen-bond acceptors (Lipinski definition) is 5. The van der Waals surface area contributed by atoms with Gasteiger partial charge in [-0.3, -0.25) is 9.59 Å². The summed E-state index contributed by atoms with van der Waals surface area (Å²) in [6.07, 6.45) is 3.28. The topological polar surface area (TPSA) is 78.6 Å². The summed E-state index contributed by atoms with van der Waals surface area (Å²) >= 11 is 29.6. The maximum absolute atomic E-state index is 11.9. The van der Waals surface area contributed by atoms with Gasteiger partial charge in [-0.1, -0.05) is 70.8 Å². The van der Waals surface area contributed by atoms with E-state index in [1.54, 1.807) is 0 Å². The van der Waals surface area contributed by atoms with Crippen molar-refractivity contribution in [2.75, 3.05) is 13.2 Å². The van der Waals surface area contributed by atoms with E-state index >= 15 is 0 Å². The van der Waals surface area contributed by atoms with Crippen LogP contribution in [0.4, 0.5) is 0 Å². The molecule has 10 heteroatoms. The summed E-state index contributed by atoms with van der Waals surface area (Å²) in [6.45, 7) is 0.957. The highest BCUT2D eigenvalue weighted by molar-refractivity contribution is 6.55. The van der Waals surface area contributed by atoms with Gasteiger partial charge in [0.05, 0.1) is 34.5 Å². The van der Waals surface area contributed by atoms with Gasteiger partial charge in [-0.05, 0) is 19.4 Å². The lowest BCUT2D eigenvalue weighted by atomic mass is 10.2. The Labute approximate surface area is 176 Å². The van der Waals surface area contributed by atoms with E-state index in [2.05, 4.69) is 0 Å². The van der Waals surface area contributed by atoms with Crippen LogP contribution in [0.1, 0.15) is 38.5 Å². The van der Waals surface area contributed by atoms with Crippen LogP contribution in [0.25, 0.3) is 0 Å². The smallest absolute Gasteiger partial charge is 0.311 e. The maximum atomic E-state index is 11.9. The van der Waals surface area contributed by atoms with Gasteiger partial charge >= 0.3 is 11.9 Å². The number of benzene rings is 1. The molecule has 0 saturated carbocycles. The minimum Gasteiger partial charge on any atom is -0.466 e. The van der Waals surface area contributed by atoms with Gasteiger partial charge in [-0.15, -0.1) is 0 Å². The van der Waals surface area contributed by atoms with Crippen LogP contribution in [0, 0.1) is 0 Å². The SMILES string of the molecule is NCCCCCCOC(=O)CCC(=O)Oc1c(Cl)c(Cl)c(Cl)c(Cl)c1Cl. The lowest BCUT2D eigenvalue weighted by Gasteiger charge is -2.12. The molecule has 26 heavy (non-hydrogen) atoms. The lowest BCUT2D eigenvalue weighted by Crippen LogP contribution is -2.13. The molecule has 1 aromatic carbocycles. The van der Waals surface area contributed by atoms with Crippen LogP contribution >= 0.6 is 58.0 Å². The first-order valence-electron chi connectivity index (χ1n) is 7.87. The Morgan fingerprint density at radius 1 is 0.731 bits per heavy atom. The molecule has 1 aromatic rings. The largest absolute Gasteiger partial charge is 0.466 e. The first-order chi connectivity index (χ1) is 12.3. The van der Waals surface area contributed by atoms with Crippen molar-refractivity contribution >= 4 is 69.9 Å². The number of rotatable bonds is 10. The number of nitrogens with two attached hydrogens (primary N) is 1. The minimum atomic E-state index is -0.733. The number of carbonyl (C=O) groups is 2. The Bertz CT molecular complexity index is 625. The lowest BCUT2D eigenvalue weighted by molar-refractivity contribution is -0.147. The van der Waals surface area contributed by atoms with Crippen LogP contribution in [0.15, 0.2) is 0 Å². The molecular formula is C16H18Cl5NO4. The second-order valence-electron chi connectivity index (χ2n) is 5.30. The standard InChI is InChI=1S/C16H18Cl5NO4/c17-11-12(18)14(20)16(15(21)13(11)19)26-10(24)6-5-9(23)25-8-4-2-1-3-7-22/h1-8,22H2. The Hall–Kier alpha value is -0.430. The summed E-state index contributed by atoms with van der Waals surface area (Å²) in [5.41, 5.74) is 5.39. The Kier molecular flexibility index (Phi) is 11.0. The molecule has 0 unspecified atom stereocenters. The van der Waals surface area contributed by atoms with Crippen molar-refractivity contribution in [1.29, 1.82) is 0 Å². The molecule has 0 amide bonds. The molecule has 0 aliphatic carbocycles. The average molecular weight is 466 g/mol. The fourth-order valence-corrected chi connectivity index (χ4v) is 3.10. The van der Waals surface area contributed by atoms with Gasteiger partial charge in [0.15, 0.2) is 5.75 Å². The highest BCUT2D eigenvalue weighted by Gasteiger charge is 2.22. The maximum Gasteiger partial charge on any atom is 0.311 e. The third-order valence-electron chi connectivity index (χ3n) is 3.28. The predicted octanol–water partition coefficient (Wildman–Crippen LogP) is 5.70. The third-order valence-corrected chi connectivity index (χ3v) is 5.52. The van der Waals surface area contributed by atoms with E-state index in [4.69, 9.17) is 73.2 Å². The van der Waals surface area contributed by atoms with E-state index in [9.17, 15) is 9.59 Å². The highest BCUT2D eigenvalue weighted by atomic mass is 35.5. The van der Waals surface area contributed by atoms with Crippen molar-refractivity contribution in [3.05, 3.63) is 25.1 Å². The molecule has 1 rings (SSSR count). The summed E-state index contributed by atoms with van der Waals surface area (Å²) in [6, 6.07) is 0. The predicted molar refractivity (Wildman–Crippen MR) is 105 cm³/mol. The second kappa shape index (κ2) is 12.1. The number of hydrogen-bond donors (Lipinski definition) is 1. The summed E-state index contributed by atoms with van der Waals surface area (Å²) < 4.78 is 10.1. The van der Waals surface area contributed by atoms with E-state index in [-0.39, 0.29) is 43.7 Å². The molecule has 5 nitrogen and oxygen atoms in total. The number of ether oxygens (including phenoxy) is 2. The summed E-state index contributed by atoms with van der Waals surface area (Å²) in [4.78, 5) is 23.5. The van der Waals surface area contributed by atoms with E-state index in [1.165, 1.54) is 0 Å². The monoisotopic (exact) mass is 463 g/mol. The van der Waals surface area contributed by atoms with Crippen LogP contribution in [-0.2, 0) is 14.3 Å². The molecule has 146 valence electrons. The Morgan fingerprint density at radius 3 is 1.81 bits per heavy atom. The van der Waals surface area contributed by atoms with Gasteiger partial charge in [0.25, 0.3) is 0 Å². The molecule has 2 N–H and O–H groups in total. The molecule has 0 radical (unpaired) electrons. The third kappa shape index (κ3) is 7.29. The highest BCUT2D eigenvalue weighted by Crippen LogP contribution is 2.48. The zero-order chi connectivity index (χ0) is 19.7. The van der Waals surface area contributed by atoms with Crippen molar-refractivity contribution < 1.29 is 19.1 Å². The molecule has 0 aromatic heterocycles. The average Bonchev–Trinajstić information content (AvgIpc) is 2.63. The van der Waals surface area contributed by atoms with E-state index < -0.39 is 11.9 Å². The van der Waals surface area contributed by atoms with Crippen molar-refractivity contribution in [2.45, 2.75) is 38.5 Å². The summed E-state index contributed by atoms with van der Waals surface area (Å²) in [5.74, 6) is -1.43. The van der Waals surface area contributed by atoms with Crippen LogP contribution in [0.2, 0.25) is 25.1 Å². The van der Waals surface area contributed by atoms with Gasteiger partial charge in [-0.25, -0.2) is 0 Å². The number of unbranched alkanes of at least 4 members (excludes halogenated alkanes) is 3. The van der Waals surface area contributed by atoms with Crippen molar-refractivity contribution in [3.8, 4) is 5.75 Å². The van der Waals surface area contributed by atoms with Gasteiger partial charge < -0.3 is 15.2 Å². The van der Waals surface area contributed by atoms with Crippen LogP contribution in [0.5, 0.6) is 5.75 Å². The number of esters is 2. The normalized spacial score (nSPS) is 10.7. The molecule has 0 aliphatic rings. The van der Waals surface area contributed by atoms with Gasteiger partial charge in [0.2, 0.25) is 0 Å². The zero-order valence-electron chi connectivity index (χ0n) is 13.8. The first kappa shape index (κ1) is 23.6. The molecule has 0 heterocycles. The molecule has 0 spiro atoms. The molecular weight excluding hydrogens is 447 g/mol. The van der Waals surface area contributed by atoms with Gasteiger partial charge in [0, 0.05) is 0 Å². The molecule has 0 bridgehead atoms. The Balaban J connectivity index is 2.45. The second-order valence-corrected chi connectivity index (χ2v) is 7.19. The fourth-order valence-electron chi connectivity index (χ4n) is 1.90. The van der Waals surface area contributed by atoms with E-state index in [0.29, 0.717) is 13.2 Å². The first-order valence-corrected chi connectivity index (χ1v) is 9.76. The quantitative estimate of drug-likeness (QED) is 0.158. The minimum absolute atomic E-state index is 0.0434. The van der Waals surface area contributed by atoms with E-state index in [0.717, 1.165) is 25.7 Å². The van der Waals surface area contributed by atoms with Crippen LogP contribution in [0.3, 0.4) is 0 Å². The molecule has 0 saturated heterocycles. The van der Waals surface area contributed by atoms with Crippen molar-refractivity contribution in [2.24, 2.45) is 5.73 Å². The molecule has 0 fully saturated rings. The molecule has 0 atom stereocenters. The van der Waals surface area contributed by atoms with Gasteiger partial charge in [-0.2, -0.15) is 0 Å². The summed E-state index contributed by atoms with van der Waals surface area (Å²) in [5, 5.41) is -0.490. The fraction of sp³-hybridized carbons (Fsp3) is 0.500. The van der Waals surface area contributed by atoms with E-state index in [1.807, 2.05) is 0 Å². The number of carbonyl (C=O) groups excluding carboxylic acids is 2.